The quantitative estimate of drug-likeness (QED) is 0.788. The second-order valence-electron chi connectivity index (χ2n) is 4.22. The zero-order chi connectivity index (χ0) is 10.8. The molecule has 0 unspecified atom stereocenters. The summed E-state index contributed by atoms with van der Waals surface area (Å²) in [6.07, 6.45) is 0. The van der Waals surface area contributed by atoms with Gasteiger partial charge < -0.3 is 5.73 Å². The summed E-state index contributed by atoms with van der Waals surface area (Å²) < 4.78 is 0. The van der Waals surface area contributed by atoms with E-state index in [1.807, 2.05) is 0 Å². The van der Waals surface area contributed by atoms with E-state index in [1.54, 1.807) is 0 Å². The number of fused-ring (bicyclic) bond motifs is 1. The van der Waals surface area contributed by atoms with Gasteiger partial charge in [0.2, 0.25) is 0 Å². The van der Waals surface area contributed by atoms with Crippen LogP contribution in [0.3, 0.4) is 0 Å². The molecule has 0 aromatic heterocycles. The first kappa shape index (κ1) is 10.2. The third kappa shape index (κ3) is 1.75. The van der Waals surface area contributed by atoms with Gasteiger partial charge in [-0.3, -0.25) is 0 Å². The smallest absolute Gasteiger partial charge is 0.0181 e. The van der Waals surface area contributed by atoms with Gasteiger partial charge in [-0.05, 0) is 27.8 Å². The van der Waals surface area contributed by atoms with E-state index >= 15 is 0 Å². The standard InChI is InChI=1S/C14H17N/c1-10(2)14-12(9-15)8-7-11-5-3-4-6-13(11)14/h3-8,10H,9,15H2,1-2H3. The summed E-state index contributed by atoms with van der Waals surface area (Å²) in [6, 6.07) is 12.8. The Morgan fingerprint density at radius 1 is 1.07 bits per heavy atom. The van der Waals surface area contributed by atoms with Crippen LogP contribution < -0.4 is 5.73 Å². The molecule has 0 saturated carbocycles. The van der Waals surface area contributed by atoms with Crippen LogP contribution in [0.5, 0.6) is 0 Å². The van der Waals surface area contributed by atoms with E-state index in [2.05, 4.69) is 50.2 Å². The fourth-order valence-corrected chi connectivity index (χ4v) is 2.20. The van der Waals surface area contributed by atoms with Crippen LogP contribution >= 0.6 is 0 Å². The maximum absolute atomic E-state index is 5.78. The molecule has 0 heterocycles. The molecule has 78 valence electrons. The Kier molecular flexibility index (Phi) is 2.74. The van der Waals surface area contributed by atoms with Gasteiger partial charge in [0, 0.05) is 6.54 Å². The highest BCUT2D eigenvalue weighted by molar-refractivity contribution is 5.87. The molecule has 0 aliphatic carbocycles. The van der Waals surface area contributed by atoms with Crippen LogP contribution in [0.25, 0.3) is 10.8 Å². The zero-order valence-electron chi connectivity index (χ0n) is 9.33. The van der Waals surface area contributed by atoms with Crippen molar-refractivity contribution in [2.75, 3.05) is 0 Å². The lowest BCUT2D eigenvalue weighted by molar-refractivity contribution is 0.850. The van der Waals surface area contributed by atoms with E-state index < -0.39 is 0 Å². The summed E-state index contributed by atoms with van der Waals surface area (Å²) in [7, 11) is 0. The number of hydrogen-bond acceptors (Lipinski definition) is 1. The molecule has 1 heteroatoms. The summed E-state index contributed by atoms with van der Waals surface area (Å²) >= 11 is 0. The van der Waals surface area contributed by atoms with E-state index in [0.29, 0.717) is 12.5 Å². The molecule has 15 heavy (non-hydrogen) atoms. The van der Waals surface area contributed by atoms with Crippen molar-refractivity contribution in [2.24, 2.45) is 5.73 Å². The van der Waals surface area contributed by atoms with Gasteiger partial charge in [-0.1, -0.05) is 50.2 Å². The van der Waals surface area contributed by atoms with Crippen molar-refractivity contribution in [1.82, 2.24) is 0 Å². The predicted octanol–water partition coefficient (Wildman–Crippen LogP) is 3.42. The molecule has 0 spiro atoms. The van der Waals surface area contributed by atoms with Crippen LogP contribution in [0.15, 0.2) is 36.4 Å². The maximum Gasteiger partial charge on any atom is 0.0181 e. The number of benzene rings is 2. The molecule has 0 aliphatic rings. The molecule has 0 amide bonds. The third-order valence-electron chi connectivity index (χ3n) is 2.86. The largest absolute Gasteiger partial charge is 0.326 e. The van der Waals surface area contributed by atoms with Crippen molar-refractivity contribution >= 4 is 10.8 Å². The Balaban J connectivity index is 2.79. The number of hydrogen-bond donors (Lipinski definition) is 1. The fraction of sp³-hybridized carbons (Fsp3) is 0.286. The normalized spacial score (nSPS) is 11.2. The van der Waals surface area contributed by atoms with Gasteiger partial charge in [0.1, 0.15) is 0 Å². The SMILES string of the molecule is CC(C)c1c(CN)ccc2ccccc12. The van der Waals surface area contributed by atoms with E-state index in [1.165, 1.54) is 21.9 Å². The van der Waals surface area contributed by atoms with Crippen LogP contribution in [0.2, 0.25) is 0 Å². The molecule has 0 saturated heterocycles. The highest BCUT2D eigenvalue weighted by Crippen LogP contribution is 2.28. The summed E-state index contributed by atoms with van der Waals surface area (Å²) in [6.45, 7) is 5.07. The van der Waals surface area contributed by atoms with E-state index in [0.717, 1.165) is 0 Å². The number of nitrogens with two attached hydrogens (primary N) is 1. The molecule has 2 aromatic rings. The highest BCUT2D eigenvalue weighted by Gasteiger charge is 2.09. The Bertz CT molecular complexity index is 472. The van der Waals surface area contributed by atoms with Crippen molar-refractivity contribution in [3.05, 3.63) is 47.5 Å². The number of rotatable bonds is 2. The minimum Gasteiger partial charge on any atom is -0.326 e. The molecule has 0 radical (unpaired) electrons. The molecule has 0 atom stereocenters. The first-order valence-corrected chi connectivity index (χ1v) is 5.44. The molecule has 1 nitrogen and oxygen atoms in total. The Hall–Kier alpha value is -1.34. The predicted molar refractivity (Wildman–Crippen MR) is 65.9 cm³/mol. The van der Waals surface area contributed by atoms with Crippen molar-refractivity contribution in [3.63, 3.8) is 0 Å². The Morgan fingerprint density at radius 2 is 1.80 bits per heavy atom. The highest BCUT2D eigenvalue weighted by atomic mass is 14.5. The van der Waals surface area contributed by atoms with E-state index in [-0.39, 0.29) is 0 Å². The Labute approximate surface area is 90.9 Å². The van der Waals surface area contributed by atoms with Gasteiger partial charge in [0.15, 0.2) is 0 Å². The average Bonchev–Trinajstić information content (AvgIpc) is 2.27. The maximum atomic E-state index is 5.78. The lowest BCUT2D eigenvalue weighted by Gasteiger charge is -2.14. The monoisotopic (exact) mass is 199 g/mol. The summed E-state index contributed by atoms with van der Waals surface area (Å²) in [5, 5.41) is 2.65. The van der Waals surface area contributed by atoms with Crippen molar-refractivity contribution in [3.8, 4) is 0 Å². The van der Waals surface area contributed by atoms with Crippen molar-refractivity contribution in [2.45, 2.75) is 26.3 Å². The van der Waals surface area contributed by atoms with Gasteiger partial charge >= 0.3 is 0 Å². The molecule has 2 N–H and O–H groups in total. The average molecular weight is 199 g/mol. The summed E-state index contributed by atoms with van der Waals surface area (Å²) in [5.41, 5.74) is 8.45. The van der Waals surface area contributed by atoms with Gasteiger partial charge in [0.05, 0.1) is 0 Å². The van der Waals surface area contributed by atoms with Crippen LogP contribution in [0.4, 0.5) is 0 Å². The van der Waals surface area contributed by atoms with Crippen molar-refractivity contribution in [1.29, 1.82) is 0 Å². The van der Waals surface area contributed by atoms with Crippen LogP contribution in [-0.4, -0.2) is 0 Å². The van der Waals surface area contributed by atoms with Crippen LogP contribution in [0, 0.1) is 0 Å². The molecule has 2 rings (SSSR count). The first-order chi connectivity index (χ1) is 7.24. The molecule has 0 bridgehead atoms. The zero-order valence-corrected chi connectivity index (χ0v) is 9.33. The van der Waals surface area contributed by atoms with Gasteiger partial charge in [-0.15, -0.1) is 0 Å². The second kappa shape index (κ2) is 4.03. The van der Waals surface area contributed by atoms with Gasteiger partial charge in [-0.2, -0.15) is 0 Å². The lowest BCUT2D eigenvalue weighted by atomic mass is 9.91. The van der Waals surface area contributed by atoms with E-state index in [9.17, 15) is 0 Å². The molecular weight excluding hydrogens is 182 g/mol. The lowest BCUT2D eigenvalue weighted by Crippen LogP contribution is -2.03. The van der Waals surface area contributed by atoms with E-state index in [4.69, 9.17) is 5.73 Å². The molecular formula is C14H17N. The molecule has 2 aromatic carbocycles. The minimum absolute atomic E-state index is 0.523. The first-order valence-electron chi connectivity index (χ1n) is 5.44. The summed E-state index contributed by atoms with van der Waals surface area (Å²) in [4.78, 5) is 0. The van der Waals surface area contributed by atoms with Crippen LogP contribution in [0.1, 0.15) is 30.9 Å². The van der Waals surface area contributed by atoms with Gasteiger partial charge in [-0.25, -0.2) is 0 Å². The Morgan fingerprint density at radius 3 is 2.47 bits per heavy atom. The molecule has 0 fully saturated rings. The molecule has 0 aliphatic heterocycles. The van der Waals surface area contributed by atoms with Crippen LogP contribution in [-0.2, 0) is 6.54 Å². The second-order valence-corrected chi connectivity index (χ2v) is 4.22. The fourth-order valence-electron chi connectivity index (χ4n) is 2.20. The third-order valence-corrected chi connectivity index (χ3v) is 2.86. The van der Waals surface area contributed by atoms with Gasteiger partial charge in [0.25, 0.3) is 0 Å². The minimum atomic E-state index is 0.523. The van der Waals surface area contributed by atoms with Crippen molar-refractivity contribution < 1.29 is 0 Å². The topological polar surface area (TPSA) is 26.0 Å². The summed E-state index contributed by atoms with van der Waals surface area (Å²) in [5.74, 6) is 0.523.